The van der Waals surface area contributed by atoms with Crippen LogP contribution in [0.5, 0.6) is 0 Å². The fourth-order valence-corrected chi connectivity index (χ4v) is 2.32. The van der Waals surface area contributed by atoms with Crippen molar-refractivity contribution in [3.63, 3.8) is 0 Å². The topological polar surface area (TPSA) is 58.2 Å². The summed E-state index contributed by atoms with van der Waals surface area (Å²) in [7, 11) is -1.43. The number of hydrogen-bond donors (Lipinski definition) is 2. The van der Waals surface area contributed by atoms with Gasteiger partial charge in [0.15, 0.2) is 0 Å². The molecule has 0 fully saturated rings. The van der Waals surface area contributed by atoms with Gasteiger partial charge in [-0.3, -0.25) is 0 Å². The van der Waals surface area contributed by atoms with Crippen molar-refractivity contribution < 1.29 is 8.42 Å². The number of hydrogen-bond acceptors (Lipinski definition) is 3. The molecule has 0 saturated carbocycles. The third-order valence-corrected chi connectivity index (χ3v) is 4.30. The molecule has 14 heavy (non-hydrogen) atoms. The second-order valence-electron chi connectivity index (χ2n) is 4.06. The lowest BCUT2D eigenvalue weighted by atomic mass is 10.1. The normalized spacial score (nSPS) is 17.0. The molecule has 0 bridgehead atoms. The van der Waals surface area contributed by atoms with E-state index in [1.165, 1.54) is 0 Å². The Morgan fingerprint density at radius 3 is 2.00 bits per heavy atom. The molecule has 2 N–H and O–H groups in total. The van der Waals surface area contributed by atoms with Gasteiger partial charge in [-0.05, 0) is 26.8 Å². The van der Waals surface area contributed by atoms with Crippen LogP contribution in [0.2, 0.25) is 0 Å². The molecule has 0 rings (SSSR count). The summed E-state index contributed by atoms with van der Waals surface area (Å²) in [6.45, 7) is 8.05. The first-order valence-electron chi connectivity index (χ1n) is 4.97. The van der Waals surface area contributed by atoms with Gasteiger partial charge in [-0.25, -0.2) is 13.1 Å². The van der Waals surface area contributed by atoms with Crippen molar-refractivity contribution in [1.82, 2.24) is 10.0 Å². The summed E-state index contributed by atoms with van der Waals surface area (Å²) in [5.74, 6) is 0.312. The van der Waals surface area contributed by atoms with E-state index < -0.39 is 15.3 Å². The minimum atomic E-state index is -3.18. The summed E-state index contributed by atoms with van der Waals surface area (Å²) in [5, 5.41) is 2.46. The van der Waals surface area contributed by atoms with E-state index in [1.54, 1.807) is 14.0 Å². The lowest BCUT2D eigenvalue weighted by Crippen LogP contribution is -2.43. The molecule has 5 heteroatoms. The molecule has 0 aliphatic carbocycles. The molecule has 0 amide bonds. The molecule has 0 radical (unpaired) electrons. The summed E-state index contributed by atoms with van der Waals surface area (Å²) in [4.78, 5) is 0. The molecule has 0 spiro atoms. The zero-order chi connectivity index (χ0) is 11.4. The van der Waals surface area contributed by atoms with E-state index in [0.29, 0.717) is 12.5 Å². The van der Waals surface area contributed by atoms with Gasteiger partial charge in [0, 0.05) is 12.6 Å². The maximum atomic E-state index is 11.7. The monoisotopic (exact) mass is 222 g/mol. The number of sulfonamides is 1. The van der Waals surface area contributed by atoms with Crippen LogP contribution in [0.4, 0.5) is 0 Å². The van der Waals surface area contributed by atoms with E-state index in [9.17, 15) is 8.42 Å². The highest BCUT2D eigenvalue weighted by Gasteiger charge is 2.22. The van der Waals surface area contributed by atoms with Crippen molar-refractivity contribution in [2.45, 2.75) is 39.0 Å². The van der Waals surface area contributed by atoms with E-state index in [1.807, 2.05) is 20.8 Å². The molecule has 0 aliphatic rings. The molecule has 2 atom stereocenters. The second kappa shape index (κ2) is 5.68. The molecule has 0 aliphatic heterocycles. The van der Waals surface area contributed by atoms with Crippen LogP contribution in [0.3, 0.4) is 0 Å². The first kappa shape index (κ1) is 13.9. The highest BCUT2D eigenvalue weighted by Crippen LogP contribution is 2.05. The van der Waals surface area contributed by atoms with Gasteiger partial charge in [0.1, 0.15) is 0 Å². The Morgan fingerprint density at radius 1 is 1.14 bits per heavy atom. The molecule has 4 nitrogen and oxygen atoms in total. The van der Waals surface area contributed by atoms with E-state index in [0.717, 1.165) is 0 Å². The van der Waals surface area contributed by atoms with E-state index >= 15 is 0 Å². The van der Waals surface area contributed by atoms with Crippen LogP contribution in [0.25, 0.3) is 0 Å². The fourth-order valence-electron chi connectivity index (χ4n) is 0.909. The molecular formula is C9H22N2O2S. The Bertz CT molecular complexity index is 250. The minimum absolute atomic E-state index is 0.0145. The smallest absolute Gasteiger partial charge is 0.215 e. The standard InChI is InChI=1S/C9H22N2O2S/c1-7(2)9(4)11-14(12,13)8(3)6-10-5/h7-11H,6H2,1-5H3. The SMILES string of the molecule is CNCC(C)S(=O)(=O)NC(C)C(C)C. The molecule has 2 unspecified atom stereocenters. The molecular weight excluding hydrogens is 200 g/mol. The Balaban J connectivity index is 4.34. The molecule has 86 valence electrons. The first-order valence-corrected chi connectivity index (χ1v) is 6.51. The van der Waals surface area contributed by atoms with E-state index in [2.05, 4.69) is 10.0 Å². The zero-order valence-corrected chi connectivity index (χ0v) is 10.5. The highest BCUT2D eigenvalue weighted by atomic mass is 32.2. The summed E-state index contributed by atoms with van der Waals surface area (Å²) in [6.07, 6.45) is 0. The Kier molecular flexibility index (Phi) is 5.63. The maximum Gasteiger partial charge on any atom is 0.215 e. The van der Waals surface area contributed by atoms with Crippen molar-refractivity contribution in [2.75, 3.05) is 13.6 Å². The van der Waals surface area contributed by atoms with Gasteiger partial charge in [-0.2, -0.15) is 0 Å². The average molecular weight is 222 g/mol. The van der Waals surface area contributed by atoms with Gasteiger partial charge in [-0.1, -0.05) is 13.8 Å². The lowest BCUT2D eigenvalue weighted by Gasteiger charge is -2.20. The van der Waals surface area contributed by atoms with E-state index in [4.69, 9.17) is 0 Å². The van der Waals surface area contributed by atoms with Gasteiger partial charge in [-0.15, -0.1) is 0 Å². The highest BCUT2D eigenvalue weighted by molar-refractivity contribution is 7.90. The van der Waals surface area contributed by atoms with Crippen LogP contribution in [-0.4, -0.2) is 33.3 Å². The summed E-state index contributed by atoms with van der Waals surface area (Å²) in [5.41, 5.74) is 0. The van der Waals surface area contributed by atoms with Gasteiger partial charge in [0.05, 0.1) is 5.25 Å². The van der Waals surface area contributed by atoms with Crippen molar-refractivity contribution in [2.24, 2.45) is 5.92 Å². The predicted octanol–water partition coefficient (Wildman–Crippen LogP) is 0.558. The van der Waals surface area contributed by atoms with Gasteiger partial charge >= 0.3 is 0 Å². The molecule has 0 heterocycles. The van der Waals surface area contributed by atoms with Crippen LogP contribution in [0.15, 0.2) is 0 Å². The van der Waals surface area contributed by atoms with Crippen LogP contribution in [0.1, 0.15) is 27.7 Å². The molecule has 0 aromatic carbocycles. The second-order valence-corrected chi connectivity index (χ2v) is 6.19. The minimum Gasteiger partial charge on any atom is -0.318 e. The van der Waals surface area contributed by atoms with Crippen molar-refractivity contribution in [3.8, 4) is 0 Å². The Labute approximate surface area is 87.5 Å². The van der Waals surface area contributed by atoms with Gasteiger partial charge in [0.25, 0.3) is 0 Å². The summed E-state index contributed by atoms with van der Waals surface area (Å²) in [6, 6.07) is -0.0145. The van der Waals surface area contributed by atoms with Gasteiger partial charge in [0.2, 0.25) is 10.0 Å². The van der Waals surface area contributed by atoms with Crippen molar-refractivity contribution in [1.29, 1.82) is 0 Å². The van der Waals surface area contributed by atoms with Crippen LogP contribution in [0, 0.1) is 5.92 Å². The van der Waals surface area contributed by atoms with Crippen LogP contribution < -0.4 is 10.0 Å². The number of rotatable bonds is 6. The summed E-state index contributed by atoms with van der Waals surface area (Å²) < 4.78 is 26.0. The lowest BCUT2D eigenvalue weighted by molar-refractivity contribution is 0.471. The predicted molar refractivity (Wildman–Crippen MR) is 59.7 cm³/mol. The Hall–Kier alpha value is -0.130. The molecule has 0 aromatic heterocycles. The molecule has 0 aromatic rings. The maximum absolute atomic E-state index is 11.7. The third kappa shape index (κ3) is 4.39. The Morgan fingerprint density at radius 2 is 1.64 bits per heavy atom. The third-order valence-electron chi connectivity index (χ3n) is 2.37. The fraction of sp³-hybridized carbons (Fsp3) is 1.00. The van der Waals surface area contributed by atoms with E-state index in [-0.39, 0.29) is 6.04 Å². The van der Waals surface area contributed by atoms with Crippen molar-refractivity contribution in [3.05, 3.63) is 0 Å². The molecule has 0 saturated heterocycles. The number of nitrogens with one attached hydrogen (secondary N) is 2. The summed E-state index contributed by atoms with van der Waals surface area (Å²) >= 11 is 0. The largest absolute Gasteiger partial charge is 0.318 e. The van der Waals surface area contributed by atoms with Gasteiger partial charge < -0.3 is 5.32 Å². The van der Waals surface area contributed by atoms with Crippen molar-refractivity contribution >= 4 is 10.0 Å². The van der Waals surface area contributed by atoms with Crippen LogP contribution >= 0.6 is 0 Å². The first-order chi connectivity index (χ1) is 6.31. The average Bonchev–Trinajstić information content (AvgIpc) is 2.03. The zero-order valence-electron chi connectivity index (χ0n) is 9.66. The quantitative estimate of drug-likeness (QED) is 0.690. The van der Waals surface area contributed by atoms with Crippen LogP contribution in [-0.2, 0) is 10.0 Å².